The molecule has 0 aromatic heterocycles. The van der Waals surface area contributed by atoms with Crippen molar-refractivity contribution in [3.63, 3.8) is 0 Å². The Kier molecular flexibility index (Phi) is 4.77. The van der Waals surface area contributed by atoms with Crippen LogP contribution >= 0.6 is 15.9 Å². The number of hydrogen-bond donors (Lipinski definition) is 2. The topological polar surface area (TPSA) is 58.2 Å². The molecular weight excluding hydrogens is 316 g/mol. The van der Waals surface area contributed by atoms with Crippen LogP contribution in [0.1, 0.15) is 12.8 Å². The van der Waals surface area contributed by atoms with E-state index in [9.17, 15) is 8.42 Å². The number of sulfonamides is 1. The third kappa shape index (κ3) is 3.78. The average Bonchev–Trinajstić information content (AvgIpc) is 2.38. The molecule has 6 heteroatoms. The van der Waals surface area contributed by atoms with Crippen molar-refractivity contribution in [1.29, 1.82) is 0 Å². The van der Waals surface area contributed by atoms with Crippen molar-refractivity contribution in [2.45, 2.75) is 17.7 Å². The van der Waals surface area contributed by atoms with Gasteiger partial charge in [0.15, 0.2) is 0 Å². The second kappa shape index (κ2) is 6.14. The number of rotatable bonds is 4. The van der Waals surface area contributed by atoms with Crippen LogP contribution in [0.2, 0.25) is 0 Å². The zero-order chi connectivity index (χ0) is 13.0. The molecule has 1 aromatic rings. The predicted octanol–water partition coefficient (Wildman–Crippen LogP) is 1.73. The molecule has 4 nitrogen and oxygen atoms in total. The van der Waals surface area contributed by atoms with Crippen LogP contribution in [-0.2, 0) is 10.0 Å². The van der Waals surface area contributed by atoms with E-state index in [1.54, 1.807) is 18.2 Å². The third-order valence-electron chi connectivity index (χ3n) is 3.13. The number of hydrogen-bond acceptors (Lipinski definition) is 3. The van der Waals surface area contributed by atoms with Crippen LogP contribution in [0.25, 0.3) is 0 Å². The smallest absolute Gasteiger partial charge is 0.240 e. The lowest BCUT2D eigenvalue weighted by Gasteiger charge is -2.22. The molecule has 0 radical (unpaired) electrons. The molecule has 100 valence electrons. The van der Waals surface area contributed by atoms with E-state index in [1.165, 1.54) is 0 Å². The lowest BCUT2D eigenvalue weighted by atomic mass is 9.99. The summed E-state index contributed by atoms with van der Waals surface area (Å²) in [7, 11) is -3.38. The first-order valence-corrected chi connectivity index (χ1v) is 8.31. The highest BCUT2D eigenvalue weighted by Crippen LogP contribution is 2.17. The Morgan fingerprint density at radius 1 is 1.33 bits per heavy atom. The van der Waals surface area contributed by atoms with E-state index in [0.717, 1.165) is 30.4 Å². The molecule has 0 atom stereocenters. The van der Waals surface area contributed by atoms with E-state index < -0.39 is 10.0 Å². The van der Waals surface area contributed by atoms with Crippen molar-refractivity contribution < 1.29 is 8.42 Å². The fourth-order valence-corrected chi connectivity index (χ4v) is 3.74. The highest BCUT2D eigenvalue weighted by atomic mass is 79.9. The summed E-state index contributed by atoms with van der Waals surface area (Å²) in [5.41, 5.74) is 0. The van der Waals surface area contributed by atoms with Gasteiger partial charge in [0.05, 0.1) is 4.90 Å². The van der Waals surface area contributed by atoms with Crippen molar-refractivity contribution in [2.24, 2.45) is 5.92 Å². The second-order valence-electron chi connectivity index (χ2n) is 4.50. The highest BCUT2D eigenvalue weighted by Gasteiger charge is 2.18. The summed E-state index contributed by atoms with van der Waals surface area (Å²) in [6.45, 7) is 2.48. The van der Waals surface area contributed by atoms with Gasteiger partial charge in [-0.05, 0) is 50.0 Å². The fourth-order valence-electron chi connectivity index (χ4n) is 2.03. The maximum absolute atomic E-state index is 12.1. The van der Waals surface area contributed by atoms with Crippen molar-refractivity contribution in [2.75, 3.05) is 19.6 Å². The Morgan fingerprint density at radius 2 is 2.06 bits per heavy atom. The van der Waals surface area contributed by atoms with Gasteiger partial charge in [0.2, 0.25) is 10.0 Å². The first kappa shape index (κ1) is 14.0. The Hall–Kier alpha value is -0.430. The summed E-state index contributed by atoms with van der Waals surface area (Å²) < 4.78 is 27.6. The summed E-state index contributed by atoms with van der Waals surface area (Å²) in [6, 6.07) is 6.76. The molecule has 0 unspecified atom stereocenters. The molecule has 1 heterocycles. The molecule has 1 aliphatic rings. The van der Waals surface area contributed by atoms with Gasteiger partial charge in [-0.1, -0.05) is 22.0 Å². The Labute approximate surface area is 116 Å². The highest BCUT2D eigenvalue weighted by molar-refractivity contribution is 9.10. The van der Waals surface area contributed by atoms with Gasteiger partial charge in [-0.25, -0.2) is 13.1 Å². The van der Waals surface area contributed by atoms with Gasteiger partial charge >= 0.3 is 0 Å². The quantitative estimate of drug-likeness (QED) is 0.882. The maximum Gasteiger partial charge on any atom is 0.240 e. The van der Waals surface area contributed by atoms with E-state index in [2.05, 4.69) is 26.0 Å². The second-order valence-corrected chi connectivity index (χ2v) is 7.19. The van der Waals surface area contributed by atoms with Crippen LogP contribution in [-0.4, -0.2) is 28.1 Å². The van der Waals surface area contributed by atoms with Crippen LogP contribution < -0.4 is 10.0 Å². The van der Waals surface area contributed by atoms with E-state index in [0.29, 0.717) is 17.4 Å². The van der Waals surface area contributed by atoms with Gasteiger partial charge in [0.25, 0.3) is 0 Å². The van der Waals surface area contributed by atoms with E-state index in [4.69, 9.17) is 0 Å². The molecule has 0 aliphatic carbocycles. The fraction of sp³-hybridized carbons (Fsp3) is 0.500. The molecule has 0 saturated carbocycles. The average molecular weight is 333 g/mol. The molecule has 1 saturated heterocycles. The first-order chi connectivity index (χ1) is 8.58. The SMILES string of the molecule is O=S(=O)(NCC1CCNCC1)c1cccc(Br)c1. The Balaban J connectivity index is 1.98. The van der Waals surface area contributed by atoms with Crippen molar-refractivity contribution >= 4 is 26.0 Å². The summed E-state index contributed by atoms with van der Waals surface area (Å²) in [4.78, 5) is 0.311. The zero-order valence-electron chi connectivity index (χ0n) is 10.0. The molecule has 18 heavy (non-hydrogen) atoms. The standard InChI is InChI=1S/C12H17BrN2O2S/c13-11-2-1-3-12(8-11)18(16,17)15-9-10-4-6-14-7-5-10/h1-3,8,10,14-15H,4-7,9H2. The summed E-state index contributed by atoms with van der Waals surface area (Å²) in [6.07, 6.45) is 2.06. The number of nitrogens with one attached hydrogen (secondary N) is 2. The molecule has 0 amide bonds. The van der Waals surface area contributed by atoms with Gasteiger partial charge in [0, 0.05) is 11.0 Å². The van der Waals surface area contributed by atoms with Gasteiger partial charge < -0.3 is 5.32 Å². The molecule has 2 rings (SSSR count). The summed E-state index contributed by atoms with van der Waals surface area (Å²) in [5.74, 6) is 0.438. The minimum atomic E-state index is -3.38. The Bertz CT molecular complexity index is 499. The summed E-state index contributed by atoms with van der Waals surface area (Å²) >= 11 is 3.28. The van der Waals surface area contributed by atoms with Crippen molar-refractivity contribution in [3.05, 3.63) is 28.7 Å². The lowest BCUT2D eigenvalue weighted by molar-refractivity contribution is 0.372. The van der Waals surface area contributed by atoms with E-state index in [1.807, 2.05) is 6.07 Å². The maximum atomic E-state index is 12.1. The zero-order valence-corrected chi connectivity index (χ0v) is 12.4. The first-order valence-electron chi connectivity index (χ1n) is 6.04. The minimum Gasteiger partial charge on any atom is -0.317 e. The molecular formula is C12H17BrN2O2S. The largest absolute Gasteiger partial charge is 0.317 e. The molecule has 0 spiro atoms. The van der Waals surface area contributed by atoms with Crippen molar-refractivity contribution in [3.8, 4) is 0 Å². The number of benzene rings is 1. The summed E-state index contributed by atoms with van der Waals surface area (Å²) in [5, 5.41) is 3.27. The van der Waals surface area contributed by atoms with E-state index >= 15 is 0 Å². The van der Waals surface area contributed by atoms with Crippen LogP contribution in [0.4, 0.5) is 0 Å². The lowest BCUT2D eigenvalue weighted by Crippen LogP contribution is -2.35. The molecule has 1 aliphatic heterocycles. The van der Waals surface area contributed by atoms with Crippen LogP contribution in [0.3, 0.4) is 0 Å². The molecule has 0 bridgehead atoms. The number of halogens is 1. The van der Waals surface area contributed by atoms with Crippen LogP contribution in [0, 0.1) is 5.92 Å². The number of piperidine rings is 1. The molecule has 2 N–H and O–H groups in total. The van der Waals surface area contributed by atoms with Gasteiger partial charge in [-0.3, -0.25) is 0 Å². The predicted molar refractivity (Wildman–Crippen MR) is 74.9 cm³/mol. The monoisotopic (exact) mass is 332 g/mol. The van der Waals surface area contributed by atoms with Crippen molar-refractivity contribution in [1.82, 2.24) is 10.0 Å². The minimum absolute atomic E-state index is 0.311. The van der Waals surface area contributed by atoms with Crippen LogP contribution in [0.5, 0.6) is 0 Å². The Morgan fingerprint density at radius 3 is 2.72 bits per heavy atom. The molecule has 1 fully saturated rings. The van der Waals surface area contributed by atoms with Crippen LogP contribution in [0.15, 0.2) is 33.6 Å². The normalized spacial score (nSPS) is 17.8. The van der Waals surface area contributed by atoms with Gasteiger partial charge in [-0.15, -0.1) is 0 Å². The van der Waals surface area contributed by atoms with Gasteiger partial charge in [0.1, 0.15) is 0 Å². The van der Waals surface area contributed by atoms with Gasteiger partial charge in [-0.2, -0.15) is 0 Å². The van der Waals surface area contributed by atoms with E-state index in [-0.39, 0.29) is 0 Å². The third-order valence-corrected chi connectivity index (χ3v) is 5.04. The molecule has 1 aromatic carbocycles.